The smallest absolute Gasteiger partial charge is 0.119 e. The zero-order valence-corrected chi connectivity index (χ0v) is 11.4. The van der Waals surface area contributed by atoms with Gasteiger partial charge in [0.05, 0.1) is 6.61 Å². The molecule has 2 atom stereocenters. The van der Waals surface area contributed by atoms with Crippen molar-refractivity contribution < 1.29 is 9.47 Å². The molecular formula is C16H23NO2. The van der Waals surface area contributed by atoms with Gasteiger partial charge in [-0.3, -0.25) is 0 Å². The minimum Gasteiger partial charge on any atom is -0.492 e. The summed E-state index contributed by atoms with van der Waals surface area (Å²) in [5.41, 5.74) is 9.11. The maximum absolute atomic E-state index is 6.16. The van der Waals surface area contributed by atoms with Crippen molar-refractivity contribution in [1.29, 1.82) is 0 Å². The Bertz CT molecular complexity index is 427. The summed E-state index contributed by atoms with van der Waals surface area (Å²) in [6.07, 6.45) is 6.09. The van der Waals surface area contributed by atoms with E-state index in [0.29, 0.717) is 12.5 Å². The summed E-state index contributed by atoms with van der Waals surface area (Å²) in [5, 5.41) is 0. The minimum atomic E-state index is 0.0820. The van der Waals surface area contributed by atoms with Crippen LogP contribution < -0.4 is 10.5 Å². The summed E-state index contributed by atoms with van der Waals surface area (Å²) in [6, 6.07) is 6.58. The molecule has 1 aromatic carbocycles. The highest BCUT2D eigenvalue weighted by molar-refractivity contribution is 5.37. The van der Waals surface area contributed by atoms with E-state index in [2.05, 4.69) is 18.2 Å². The van der Waals surface area contributed by atoms with E-state index in [0.717, 1.165) is 25.4 Å². The number of nitrogens with two attached hydrogens (primary N) is 1. The minimum absolute atomic E-state index is 0.0820. The van der Waals surface area contributed by atoms with Crippen molar-refractivity contribution in [2.45, 2.75) is 38.1 Å². The molecule has 1 saturated heterocycles. The third kappa shape index (κ3) is 3.10. The molecule has 1 aliphatic heterocycles. The predicted molar refractivity (Wildman–Crippen MR) is 75.5 cm³/mol. The van der Waals surface area contributed by atoms with Crippen LogP contribution in [0.1, 0.15) is 30.4 Å². The van der Waals surface area contributed by atoms with Crippen molar-refractivity contribution >= 4 is 0 Å². The molecule has 2 aliphatic rings. The van der Waals surface area contributed by atoms with Crippen LogP contribution in [0.25, 0.3) is 0 Å². The van der Waals surface area contributed by atoms with Gasteiger partial charge in [0.25, 0.3) is 0 Å². The lowest BCUT2D eigenvalue weighted by molar-refractivity contribution is 0.170. The maximum Gasteiger partial charge on any atom is 0.119 e. The van der Waals surface area contributed by atoms with Gasteiger partial charge in [0.15, 0.2) is 0 Å². The Labute approximate surface area is 115 Å². The third-order valence-corrected chi connectivity index (χ3v) is 4.33. The van der Waals surface area contributed by atoms with Crippen LogP contribution in [0, 0.1) is 5.92 Å². The average molecular weight is 261 g/mol. The van der Waals surface area contributed by atoms with E-state index in [4.69, 9.17) is 15.2 Å². The van der Waals surface area contributed by atoms with E-state index in [-0.39, 0.29) is 6.04 Å². The molecule has 3 nitrogen and oxygen atoms in total. The van der Waals surface area contributed by atoms with E-state index in [1.807, 2.05) is 0 Å². The molecule has 1 aromatic rings. The van der Waals surface area contributed by atoms with Crippen LogP contribution >= 0.6 is 0 Å². The molecular weight excluding hydrogens is 238 g/mol. The summed E-state index contributed by atoms with van der Waals surface area (Å²) in [5.74, 6) is 1.42. The summed E-state index contributed by atoms with van der Waals surface area (Å²) in [7, 11) is 0. The Kier molecular flexibility index (Phi) is 4.04. The molecule has 1 fully saturated rings. The van der Waals surface area contributed by atoms with Gasteiger partial charge in [-0.25, -0.2) is 0 Å². The highest BCUT2D eigenvalue weighted by Crippen LogP contribution is 2.25. The van der Waals surface area contributed by atoms with Gasteiger partial charge in [0, 0.05) is 18.6 Å². The number of rotatable bonds is 4. The molecule has 2 N–H and O–H groups in total. The SMILES string of the molecule is NC(COc1ccc2c(c1)CCCC2)C1CCOC1. The molecule has 104 valence electrons. The summed E-state index contributed by atoms with van der Waals surface area (Å²) in [6.45, 7) is 2.22. The van der Waals surface area contributed by atoms with Crippen LogP contribution in [0.5, 0.6) is 5.75 Å². The number of aryl methyl sites for hydroxylation is 2. The van der Waals surface area contributed by atoms with Crippen molar-refractivity contribution in [2.24, 2.45) is 11.7 Å². The van der Waals surface area contributed by atoms with E-state index in [1.54, 1.807) is 0 Å². The van der Waals surface area contributed by atoms with Crippen LogP contribution in [0.15, 0.2) is 18.2 Å². The molecule has 2 unspecified atom stereocenters. The lowest BCUT2D eigenvalue weighted by atomic mass is 9.92. The van der Waals surface area contributed by atoms with Crippen molar-refractivity contribution in [3.8, 4) is 5.75 Å². The molecule has 1 heterocycles. The average Bonchev–Trinajstić information content (AvgIpc) is 2.99. The van der Waals surface area contributed by atoms with Gasteiger partial charge >= 0.3 is 0 Å². The molecule has 0 amide bonds. The summed E-state index contributed by atoms with van der Waals surface area (Å²) in [4.78, 5) is 0. The second-order valence-corrected chi connectivity index (χ2v) is 5.74. The van der Waals surface area contributed by atoms with Crippen LogP contribution in [0.3, 0.4) is 0 Å². The number of fused-ring (bicyclic) bond motifs is 1. The quantitative estimate of drug-likeness (QED) is 0.904. The molecule has 1 aliphatic carbocycles. The number of benzene rings is 1. The molecule has 0 bridgehead atoms. The van der Waals surface area contributed by atoms with Crippen LogP contribution in [0.2, 0.25) is 0 Å². The first-order valence-electron chi connectivity index (χ1n) is 7.41. The summed E-state index contributed by atoms with van der Waals surface area (Å²) >= 11 is 0. The van der Waals surface area contributed by atoms with Gasteiger partial charge < -0.3 is 15.2 Å². The molecule has 0 aromatic heterocycles. The first-order chi connectivity index (χ1) is 9.33. The molecule has 0 spiro atoms. The first-order valence-corrected chi connectivity index (χ1v) is 7.41. The fraction of sp³-hybridized carbons (Fsp3) is 0.625. The van der Waals surface area contributed by atoms with Crippen molar-refractivity contribution in [3.63, 3.8) is 0 Å². The zero-order chi connectivity index (χ0) is 13.1. The third-order valence-electron chi connectivity index (χ3n) is 4.33. The van der Waals surface area contributed by atoms with Gasteiger partial charge in [-0.05, 0) is 55.4 Å². The zero-order valence-electron chi connectivity index (χ0n) is 11.4. The van der Waals surface area contributed by atoms with Gasteiger partial charge in [0.2, 0.25) is 0 Å². The normalized spacial score (nSPS) is 23.9. The Balaban J connectivity index is 1.57. The first kappa shape index (κ1) is 12.9. The van der Waals surface area contributed by atoms with Gasteiger partial charge in [-0.15, -0.1) is 0 Å². The largest absolute Gasteiger partial charge is 0.492 e. The lowest BCUT2D eigenvalue weighted by Gasteiger charge is -2.20. The summed E-state index contributed by atoms with van der Waals surface area (Å²) < 4.78 is 11.2. The Morgan fingerprint density at radius 3 is 2.89 bits per heavy atom. The second-order valence-electron chi connectivity index (χ2n) is 5.74. The van der Waals surface area contributed by atoms with Crippen LogP contribution in [-0.2, 0) is 17.6 Å². The topological polar surface area (TPSA) is 44.5 Å². The highest BCUT2D eigenvalue weighted by atomic mass is 16.5. The lowest BCUT2D eigenvalue weighted by Crippen LogP contribution is -2.36. The fourth-order valence-electron chi connectivity index (χ4n) is 3.02. The Morgan fingerprint density at radius 2 is 2.11 bits per heavy atom. The van der Waals surface area contributed by atoms with E-state index >= 15 is 0 Å². The molecule has 3 rings (SSSR count). The molecule has 0 saturated carbocycles. The van der Waals surface area contributed by atoms with Gasteiger partial charge in [-0.2, -0.15) is 0 Å². The van der Waals surface area contributed by atoms with Gasteiger partial charge in [0.1, 0.15) is 12.4 Å². The highest BCUT2D eigenvalue weighted by Gasteiger charge is 2.23. The standard InChI is InChI=1S/C16H23NO2/c17-16(14-7-8-18-10-14)11-19-15-6-5-12-3-1-2-4-13(12)9-15/h5-6,9,14,16H,1-4,7-8,10-11,17H2. The Hall–Kier alpha value is -1.06. The van der Waals surface area contributed by atoms with Crippen molar-refractivity contribution in [3.05, 3.63) is 29.3 Å². The van der Waals surface area contributed by atoms with Gasteiger partial charge in [-0.1, -0.05) is 6.07 Å². The fourth-order valence-corrected chi connectivity index (χ4v) is 3.02. The number of hydrogen-bond donors (Lipinski definition) is 1. The van der Waals surface area contributed by atoms with E-state index in [9.17, 15) is 0 Å². The van der Waals surface area contributed by atoms with Crippen molar-refractivity contribution in [1.82, 2.24) is 0 Å². The monoisotopic (exact) mass is 261 g/mol. The van der Waals surface area contributed by atoms with Crippen molar-refractivity contribution in [2.75, 3.05) is 19.8 Å². The van der Waals surface area contributed by atoms with Crippen LogP contribution in [-0.4, -0.2) is 25.9 Å². The molecule has 3 heteroatoms. The Morgan fingerprint density at radius 1 is 1.26 bits per heavy atom. The predicted octanol–water partition coefficient (Wildman–Crippen LogP) is 2.31. The molecule has 0 radical (unpaired) electrons. The maximum atomic E-state index is 6.16. The van der Waals surface area contributed by atoms with E-state index in [1.165, 1.54) is 36.8 Å². The second kappa shape index (κ2) is 5.93. The van der Waals surface area contributed by atoms with Crippen LogP contribution in [0.4, 0.5) is 0 Å². The number of hydrogen-bond acceptors (Lipinski definition) is 3. The van der Waals surface area contributed by atoms with E-state index < -0.39 is 0 Å². The molecule has 19 heavy (non-hydrogen) atoms. The number of ether oxygens (including phenoxy) is 2.